The standard InChI is InChI=1S/C22H18Cl2.C2H6/c1-16-18(8-5-9-21(16)19-6-3-2-4-7-19)12-13-20-11-10-17(15-23)14-22(20)24;1-2/h2-14H,15H2,1H3;1-2H3/b13-12+;. The van der Waals surface area contributed by atoms with E-state index in [-0.39, 0.29) is 0 Å². The molecule has 134 valence electrons. The maximum absolute atomic E-state index is 6.33. The molecule has 0 radical (unpaired) electrons. The highest BCUT2D eigenvalue weighted by molar-refractivity contribution is 6.32. The van der Waals surface area contributed by atoms with Crippen molar-refractivity contribution in [3.63, 3.8) is 0 Å². The molecule has 0 bridgehead atoms. The van der Waals surface area contributed by atoms with Crippen LogP contribution in [0.3, 0.4) is 0 Å². The second-order valence-corrected chi connectivity index (χ2v) is 6.38. The van der Waals surface area contributed by atoms with E-state index in [1.807, 2.05) is 38.1 Å². The fraction of sp³-hybridized carbons (Fsp3) is 0.167. The number of hydrogen-bond donors (Lipinski definition) is 0. The van der Waals surface area contributed by atoms with Crippen LogP contribution in [0.15, 0.2) is 66.7 Å². The van der Waals surface area contributed by atoms with Crippen molar-refractivity contribution in [3.05, 3.63) is 94.0 Å². The van der Waals surface area contributed by atoms with E-state index < -0.39 is 0 Å². The van der Waals surface area contributed by atoms with Crippen LogP contribution in [0.1, 0.15) is 36.1 Å². The molecule has 26 heavy (non-hydrogen) atoms. The molecule has 0 aromatic heterocycles. The van der Waals surface area contributed by atoms with Gasteiger partial charge in [-0.15, -0.1) is 11.6 Å². The van der Waals surface area contributed by atoms with E-state index in [4.69, 9.17) is 23.2 Å². The molecular weight excluding hydrogens is 359 g/mol. The Kier molecular flexibility index (Phi) is 7.97. The molecule has 0 saturated heterocycles. The summed E-state index contributed by atoms with van der Waals surface area (Å²) >= 11 is 12.2. The molecule has 0 aliphatic carbocycles. The lowest BCUT2D eigenvalue weighted by molar-refractivity contribution is 1.40. The number of benzene rings is 3. The Morgan fingerprint density at radius 2 is 1.50 bits per heavy atom. The molecule has 0 N–H and O–H groups in total. The van der Waals surface area contributed by atoms with Crippen molar-refractivity contribution in [3.8, 4) is 11.1 Å². The van der Waals surface area contributed by atoms with Crippen LogP contribution in [0.5, 0.6) is 0 Å². The van der Waals surface area contributed by atoms with Crippen molar-refractivity contribution in [2.45, 2.75) is 26.7 Å². The van der Waals surface area contributed by atoms with Gasteiger partial charge in [-0.1, -0.05) is 98.3 Å². The normalized spacial score (nSPS) is 10.5. The average molecular weight is 383 g/mol. The van der Waals surface area contributed by atoms with Crippen molar-refractivity contribution < 1.29 is 0 Å². The third-order valence-electron chi connectivity index (χ3n) is 4.12. The Labute approximate surface area is 167 Å². The summed E-state index contributed by atoms with van der Waals surface area (Å²) in [7, 11) is 0. The number of rotatable bonds is 4. The molecule has 0 unspecified atom stereocenters. The minimum absolute atomic E-state index is 0.474. The Bertz CT molecular complexity index is 865. The Balaban J connectivity index is 0.00000117. The van der Waals surface area contributed by atoms with Gasteiger partial charge in [-0.2, -0.15) is 0 Å². The van der Waals surface area contributed by atoms with Crippen molar-refractivity contribution in [2.75, 3.05) is 0 Å². The topological polar surface area (TPSA) is 0 Å². The molecule has 3 aromatic carbocycles. The fourth-order valence-corrected chi connectivity index (χ4v) is 3.17. The Morgan fingerprint density at radius 3 is 2.15 bits per heavy atom. The van der Waals surface area contributed by atoms with Crippen molar-refractivity contribution >= 4 is 35.4 Å². The van der Waals surface area contributed by atoms with E-state index in [1.165, 1.54) is 22.3 Å². The van der Waals surface area contributed by atoms with Crippen molar-refractivity contribution in [1.82, 2.24) is 0 Å². The van der Waals surface area contributed by atoms with E-state index >= 15 is 0 Å². The molecule has 0 heterocycles. The summed E-state index contributed by atoms with van der Waals surface area (Å²) in [5.74, 6) is 0.474. The summed E-state index contributed by atoms with van der Waals surface area (Å²) < 4.78 is 0. The molecule has 0 atom stereocenters. The van der Waals surface area contributed by atoms with Gasteiger partial charge in [0.1, 0.15) is 0 Å². The maximum Gasteiger partial charge on any atom is 0.0481 e. The summed E-state index contributed by atoms with van der Waals surface area (Å²) in [4.78, 5) is 0. The Hall–Kier alpha value is -2.02. The van der Waals surface area contributed by atoms with Crippen LogP contribution < -0.4 is 0 Å². The largest absolute Gasteiger partial charge is 0.122 e. The smallest absolute Gasteiger partial charge is 0.0481 e. The van der Waals surface area contributed by atoms with Gasteiger partial charge in [0, 0.05) is 10.9 Å². The molecule has 0 aliphatic rings. The highest BCUT2D eigenvalue weighted by Crippen LogP contribution is 2.27. The van der Waals surface area contributed by atoms with Gasteiger partial charge < -0.3 is 0 Å². The van der Waals surface area contributed by atoms with E-state index in [0.29, 0.717) is 5.88 Å². The maximum atomic E-state index is 6.33. The SMILES string of the molecule is CC.Cc1c(/C=C/c2ccc(CCl)cc2Cl)cccc1-c1ccccc1. The van der Waals surface area contributed by atoms with Crippen LogP contribution in [0, 0.1) is 6.92 Å². The summed E-state index contributed by atoms with van der Waals surface area (Å²) in [6, 6.07) is 22.7. The van der Waals surface area contributed by atoms with E-state index in [1.54, 1.807) is 0 Å². The monoisotopic (exact) mass is 382 g/mol. The van der Waals surface area contributed by atoms with E-state index in [0.717, 1.165) is 16.1 Å². The molecular formula is C24H24Cl2. The van der Waals surface area contributed by atoms with Crippen LogP contribution in [-0.4, -0.2) is 0 Å². The molecule has 0 fully saturated rings. The molecule has 0 amide bonds. The first-order chi connectivity index (χ1) is 12.7. The lowest BCUT2D eigenvalue weighted by atomic mass is 9.96. The molecule has 3 rings (SSSR count). The van der Waals surface area contributed by atoms with Gasteiger partial charge in [-0.3, -0.25) is 0 Å². The lowest BCUT2D eigenvalue weighted by Crippen LogP contribution is -1.87. The summed E-state index contributed by atoms with van der Waals surface area (Å²) in [6.07, 6.45) is 4.17. The fourth-order valence-electron chi connectivity index (χ4n) is 2.73. The highest BCUT2D eigenvalue weighted by Gasteiger charge is 2.04. The lowest BCUT2D eigenvalue weighted by Gasteiger charge is -2.09. The molecule has 0 nitrogen and oxygen atoms in total. The summed E-state index contributed by atoms with van der Waals surface area (Å²) in [6.45, 7) is 6.15. The van der Waals surface area contributed by atoms with Crippen molar-refractivity contribution in [2.24, 2.45) is 0 Å². The number of alkyl halides is 1. The third-order valence-corrected chi connectivity index (χ3v) is 4.76. The van der Waals surface area contributed by atoms with Gasteiger partial charge in [0.05, 0.1) is 0 Å². The zero-order valence-corrected chi connectivity index (χ0v) is 17.0. The van der Waals surface area contributed by atoms with E-state index in [9.17, 15) is 0 Å². The minimum Gasteiger partial charge on any atom is -0.122 e. The van der Waals surface area contributed by atoms with Crippen LogP contribution in [-0.2, 0) is 5.88 Å². The number of halogens is 2. The Morgan fingerprint density at radius 1 is 0.808 bits per heavy atom. The van der Waals surface area contributed by atoms with E-state index in [2.05, 4.69) is 61.5 Å². The first-order valence-electron chi connectivity index (χ1n) is 8.86. The average Bonchev–Trinajstić information content (AvgIpc) is 2.70. The third kappa shape index (κ3) is 5.00. The zero-order chi connectivity index (χ0) is 18.9. The van der Waals surface area contributed by atoms with Crippen LogP contribution in [0.25, 0.3) is 23.3 Å². The molecule has 2 heteroatoms. The quantitative estimate of drug-likeness (QED) is 0.314. The van der Waals surface area contributed by atoms with Gasteiger partial charge in [0.2, 0.25) is 0 Å². The first kappa shape index (κ1) is 20.3. The predicted molar refractivity (Wildman–Crippen MR) is 118 cm³/mol. The van der Waals surface area contributed by atoms with Gasteiger partial charge in [0.25, 0.3) is 0 Å². The van der Waals surface area contributed by atoms with Gasteiger partial charge >= 0.3 is 0 Å². The van der Waals surface area contributed by atoms with Gasteiger partial charge in [0.15, 0.2) is 0 Å². The predicted octanol–water partition coefficient (Wildman–Crippen LogP) is 8.25. The second kappa shape index (κ2) is 10.2. The van der Waals surface area contributed by atoms with Crippen LogP contribution >= 0.6 is 23.2 Å². The zero-order valence-electron chi connectivity index (χ0n) is 15.5. The minimum atomic E-state index is 0.474. The van der Waals surface area contributed by atoms with Crippen molar-refractivity contribution in [1.29, 1.82) is 0 Å². The number of hydrogen-bond acceptors (Lipinski definition) is 0. The molecule has 3 aromatic rings. The first-order valence-corrected chi connectivity index (χ1v) is 9.78. The summed E-state index contributed by atoms with van der Waals surface area (Å²) in [5.41, 5.74) is 6.95. The van der Waals surface area contributed by atoms with Gasteiger partial charge in [-0.25, -0.2) is 0 Å². The highest BCUT2D eigenvalue weighted by atomic mass is 35.5. The molecule has 0 saturated carbocycles. The molecule has 0 spiro atoms. The van der Waals surface area contributed by atoms with Gasteiger partial charge in [-0.05, 0) is 46.4 Å². The second-order valence-electron chi connectivity index (χ2n) is 5.71. The van der Waals surface area contributed by atoms with Crippen LogP contribution in [0.4, 0.5) is 0 Å². The summed E-state index contributed by atoms with van der Waals surface area (Å²) in [5, 5.41) is 0.723. The van der Waals surface area contributed by atoms with Crippen LogP contribution in [0.2, 0.25) is 5.02 Å². The molecule has 0 aliphatic heterocycles.